The van der Waals surface area contributed by atoms with Crippen LogP contribution in [-0.2, 0) is 13.1 Å². The Kier molecular flexibility index (Phi) is 2.71. The summed E-state index contributed by atoms with van der Waals surface area (Å²) >= 11 is 0. The average molecular weight is 306 g/mol. The Morgan fingerprint density at radius 1 is 1.09 bits per heavy atom. The zero-order chi connectivity index (χ0) is 15.6. The Bertz CT molecular complexity index is 908. The normalized spacial score (nSPS) is 22.5. The molecule has 3 heteroatoms. The number of hydrogen-bond donors (Lipinski definition) is 1. The van der Waals surface area contributed by atoms with Gasteiger partial charge in [-0.2, -0.15) is 0 Å². The molecule has 1 N–H and O–H groups in total. The highest BCUT2D eigenvalue weighted by molar-refractivity contribution is 5.87. The molecule has 0 amide bonds. The molecule has 0 saturated heterocycles. The molecule has 1 aromatic heterocycles. The predicted molar refractivity (Wildman–Crippen MR) is 90.3 cm³/mol. The minimum absolute atomic E-state index is 0.158. The van der Waals surface area contributed by atoms with Crippen LogP contribution in [0.1, 0.15) is 34.2 Å². The van der Waals surface area contributed by atoms with Gasteiger partial charge in [0.15, 0.2) is 0 Å². The van der Waals surface area contributed by atoms with E-state index in [1.54, 1.807) is 12.1 Å². The summed E-state index contributed by atoms with van der Waals surface area (Å²) in [5, 5.41) is 4.99. The Morgan fingerprint density at radius 3 is 2.74 bits per heavy atom. The number of nitrogens with one attached hydrogen (secondary N) is 1. The van der Waals surface area contributed by atoms with Gasteiger partial charge in [-0.05, 0) is 42.3 Å². The van der Waals surface area contributed by atoms with Crippen LogP contribution >= 0.6 is 0 Å². The van der Waals surface area contributed by atoms with Crippen molar-refractivity contribution >= 4 is 10.9 Å². The summed E-state index contributed by atoms with van der Waals surface area (Å²) in [6.07, 6.45) is 0. The first-order valence-corrected chi connectivity index (χ1v) is 8.30. The first-order valence-electron chi connectivity index (χ1n) is 8.30. The van der Waals surface area contributed by atoms with Gasteiger partial charge >= 0.3 is 0 Å². The lowest BCUT2D eigenvalue weighted by atomic mass is 9.83. The summed E-state index contributed by atoms with van der Waals surface area (Å²) in [7, 11) is 0. The molecular weight excluding hydrogens is 287 g/mol. The molecule has 2 atom stereocenters. The van der Waals surface area contributed by atoms with E-state index in [0.29, 0.717) is 11.8 Å². The highest BCUT2D eigenvalue weighted by Crippen LogP contribution is 2.47. The molecule has 0 radical (unpaired) electrons. The van der Waals surface area contributed by atoms with E-state index in [1.165, 1.54) is 33.3 Å². The minimum Gasteiger partial charge on any atom is -0.343 e. The smallest absolute Gasteiger partial charge is 0.123 e. The van der Waals surface area contributed by atoms with Crippen LogP contribution in [0.25, 0.3) is 10.9 Å². The lowest BCUT2D eigenvalue weighted by molar-refractivity contribution is 0.495. The van der Waals surface area contributed by atoms with E-state index in [0.717, 1.165) is 19.6 Å². The summed E-state index contributed by atoms with van der Waals surface area (Å²) in [5.74, 6) is 0.759. The maximum Gasteiger partial charge on any atom is 0.123 e. The van der Waals surface area contributed by atoms with E-state index < -0.39 is 0 Å². The van der Waals surface area contributed by atoms with Gasteiger partial charge in [-0.15, -0.1) is 0 Å². The number of rotatable bonds is 1. The van der Waals surface area contributed by atoms with Gasteiger partial charge in [0.05, 0.1) is 0 Å². The van der Waals surface area contributed by atoms with Crippen LogP contribution < -0.4 is 5.32 Å². The van der Waals surface area contributed by atoms with Gasteiger partial charge in [0.2, 0.25) is 0 Å². The van der Waals surface area contributed by atoms with Gasteiger partial charge in [0.1, 0.15) is 5.82 Å². The number of aromatic nitrogens is 1. The van der Waals surface area contributed by atoms with Crippen molar-refractivity contribution < 1.29 is 4.39 Å². The van der Waals surface area contributed by atoms with Crippen molar-refractivity contribution in [1.29, 1.82) is 0 Å². The third kappa shape index (κ3) is 1.83. The van der Waals surface area contributed by atoms with Crippen LogP contribution in [0.15, 0.2) is 42.5 Å². The van der Waals surface area contributed by atoms with E-state index in [1.807, 2.05) is 12.1 Å². The monoisotopic (exact) mass is 306 g/mol. The van der Waals surface area contributed by atoms with E-state index in [-0.39, 0.29) is 5.82 Å². The maximum atomic E-state index is 13.3. The fourth-order valence-corrected chi connectivity index (χ4v) is 4.52. The lowest BCUT2D eigenvalue weighted by Gasteiger charge is -2.25. The molecule has 5 rings (SSSR count). The Labute approximate surface area is 134 Å². The van der Waals surface area contributed by atoms with Crippen molar-refractivity contribution in [2.75, 3.05) is 6.54 Å². The van der Waals surface area contributed by atoms with E-state index in [2.05, 4.69) is 35.0 Å². The molecule has 0 fully saturated rings. The quantitative estimate of drug-likeness (QED) is 0.717. The number of fused-ring (bicyclic) bond motifs is 3. The fourth-order valence-electron chi connectivity index (χ4n) is 4.52. The summed E-state index contributed by atoms with van der Waals surface area (Å²) in [6.45, 7) is 5.11. The molecule has 0 bridgehead atoms. The van der Waals surface area contributed by atoms with E-state index in [9.17, 15) is 4.39 Å². The molecule has 0 saturated carbocycles. The van der Waals surface area contributed by atoms with Crippen LogP contribution in [0.3, 0.4) is 0 Å². The molecule has 23 heavy (non-hydrogen) atoms. The summed E-state index contributed by atoms with van der Waals surface area (Å²) in [4.78, 5) is 0. The van der Waals surface area contributed by atoms with Crippen LogP contribution in [0.2, 0.25) is 0 Å². The van der Waals surface area contributed by atoms with Gasteiger partial charge in [-0.1, -0.05) is 23.8 Å². The molecule has 2 nitrogen and oxygen atoms in total. The zero-order valence-electron chi connectivity index (χ0n) is 13.1. The molecular formula is C20H19FN2. The molecule has 0 spiro atoms. The first kappa shape index (κ1) is 13.3. The number of nitrogens with zero attached hydrogens (tertiary/aromatic N) is 1. The number of halogens is 1. The molecule has 2 aliphatic rings. The van der Waals surface area contributed by atoms with Crippen LogP contribution in [0.4, 0.5) is 4.39 Å². The van der Waals surface area contributed by atoms with Gasteiger partial charge in [0.25, 0.3) is 0 Å². The topological polar surface area (TPSA) is 17.0 Å². The van der Waals surface area contributed by atoms with Crippen LogP contribution in [-0.4, -0.2) is 11.1 Å². The first-order chi connectivity index (χ1) is 11.2. The third-order valence-corrected chi connectivity index (χ3v) is 5.55. The van der Waals surface area contributed by atoms with Crippen molar-refractivity contribution in [2.45, 2.75) is 31.8 Å². The average Bonchev–Trinajstić information content (AvgIpc) is 3.09. The molecule has 3 heterocycles. The second-order valence-electron chi connectivity index (χ2n) is 6.89. The second kappa shape index (κ2) is 4.68. The summed E-state index contributed by atoms with van der Waals surface area (Å²) < 4.78 is 15.8. The number of benzene rings is 2. The van der Waals surface area contributed by atoms with Gasteiger partial charge in [-0.3, -0.25) is 0 Å². The fraction of sp³-hybridized carbons (Fsp3) is 0.300. The van der Waals surface area contributed by atoms with Crippen LogP contribution in [0, 0.1) is 12.7 Å². The molecule has 2 aliphatic heterocycles. The number of hydrogen-bond acceptors (Lipinski definition) is 1. The van der Waals surface area contributed by atoms with Crippen LogP contribution in [0.5, 0.6) is 0 Å². The van der Waals surface area contributed by atoms with E-state index >= 15 is 0 Å². The highest BCUT2D eigenvalue weighted by Gasteiger charge is 2.39. The lowest BCUT2D eigenvalue weighted by Crippen LogP contribution is -2.29. The molecule has 2 aromatic carbocycles. The Morgan fingerprint density at radius 2 is 1.91 bits per heavy atom. The van der Waals surface area contributed by atoms with Crippen molar-refractivity contribution in [3.05, 3.63) is 70.7 Å². The van der Waals surface area contributed by atoms with Gasteiger partial charge < -0.3 is 9.88 Å². The highest BCUT2D eigenvalue weighted by atomic mass is 19.1. The molecule has 116 valence electrons. The maximum absolute atomic E-state index is 13.3. The SMILES string of the molecule is Cc1ccc2c(c1)c1c3n2CC(c2ccc(F)cc2)C3CNC1. The molecule has 3 aromatic rings. The second-order valence-corrected chi connectivity index (χ2v) is 6.89. The van der Waals surface area contributed by atoms with Gasteiger partial charge in [0, 0.05) is 48.1 Å². The van der Waals surface area contributed by atoms with Crippen molar-refractivity contribution in [3.63, 3.8) is 0 Å². The summed E-state index contributed by atoms with van der Waals surface area (Å²) in [6, 6.07) is 13.8. The summed E-state index contributed by atoms with van der Waals surface area (Å²) in [5.41, 5.74) is 6.87. The largest absolute Gasteiger partial charge is 0.343 e. The van der Waals surface area contributed by atoms with Crippen molar-refractivity contribution in [3.8, 4) is 0 Å². The zero-order valence-corrected chi connectivity index (χ0v) is 13.1. The minimum atomic E-state index is -0.158. The number of aryl methyl sites for hydroxylation is 1. The van der Waals surface area contributed by atoms with Gasteiger partial charge in [-0.25, -0.2) is 4.39 Å². The van der Waals surface area contributed by atoms with Crippen molar-refractivity contribution in [1.82, 2.24) is 9.88 Å². The Balaban J connectivity index is 1.68. The molecule has 2 unspecified atom stereocenters. The molecule has 0 aliphatic carbocycles. The van der Waals surface area contributed by atoms with Crippen molar-refractivity contribution in [2.24, 2.45) is 0 Å². The Hall–Kier alpha value is -2.13. The van der Waals surface area contributed by atoms with E-state index in [4.69, 9.17) is 0 Å². The standard InChI is InChI=1S/C20H19FN2/c1-12-2-7-19-15(8-12)16-9-22-10-17-18(11-23(19)20(16)17)13-3-5-14(21)6-4-13/h2-8,17-18,22H,9-11H2,1H3. The predicted octanol–water partition coefficient (Wildman–Crippen LogP) is 4.07. The third-order valence-electron chi connectivity index (χ3n) is 5.55.